The average molecular weight is 294 g/mol. The molecule has 0 aliphatic heterocycles. The summed E-state index contributed by atoms with van der Waals surface area (Å²) in [5.41, 5.74) is -1.42. The van der Waals surface area contributed by atoms with E-state index in [4.69, 9.17) is 0 Å². The van der Waals surface area contributed by atoms with Gasteiger partial charge in [0.2, 0.25) is 5.78 Å². The fourth-order valence-electron chi connectivity index (χ4n) is 2.74. The molecule has 0 spiro atoms. The maximum Gasteiger partial charge on any atom is 0.399 e. The Labute approximate surface area is 117 Å². The highest BCUT2D eigenvalue weighted by atomic mass is 19.4. The van der Waals surface area contributed by atoms with Crippen LogP contribution in [0, 0.1) is 0 Å². The number of hydrogen-bond donors (Lipinski definition) is 2. The van der Waals surface area contributed by atoms with E-state index in [0.29, 0.717) is 0 Å². The van der Waals surface area contributed by atoms with Crippen LogP contribution in [0.25, 0.3) is 0 Å². The predicted octanol–water partition coefficient (Wildman–Crippen LogP) is 3.34. The minimum absolute atomic E-state index is 0.300. The zero-order valence-corrected chi connectivity index (χ0v) is 10.5. The number of carbonyl (C=O) groups excluding carboxylic acids is 1. The number of halogens is 3. The van der Waals surface area contributed by atoms with Crippen molar-refractivity contribution in [1.82, 2.24) is 0 Å². The Kier molecular flexibility index (Phi) is 2.73. The molecule has 2 N–H and O–H groups in total. The van der Waals surface area contributed by atoms with Crippen molar-refractivity contribution in [3.05, 3.63) is 58.7 Å². The van der Waals surface area contributed by atoms with E-state index in [1.165, 1.54) is 12.1 Å². The fraction of sp³-hybridized carbons (Fsp3) is 0.133. The molecule has 0 radical (unpaired) electrons. The zero-order valence-electron chi connectivity index (χ0n) is 10.5. The third-order valence-electron chi connectivity index (χ3n) is 3.55. The molecule has 2 aromatic rings. The van der Waals surface area contributed by atoms with Crippen LogP contribution in [-0.4, -0.2) is 22.2 Å². The summed E-state index contributed by atoms with van der Waals surface area (Å²) in [4.78, 5) is 12.3. The fourth-order valence-corrected chi connectivity index (χ4v) is 2.74. The van der Waals surface area contributed by atoms with E-state index in [1.54, 1.807) is 0 Å². The molecule has 21 heavy (non-hydrogen) atoms. The Morgan fingerprint density at radius 1 is 0.857 bits per heavy atom. The number of ketones is 1. The van der Waals surface area contributed by atoms with Gasteiger partial charge in [-0.3, -0.25) is 4.79 Å². The van der Waals surface area contributed by atoms with Crippen LogP contribution in [0.1, 0.15) is 33.0 Å². The van der Waals surface area contributed by atoms with Crippen molar-refractivity contribution in [1.29, 1.82) is 0 Å². The Balaban J connectivity index is 2.40. The van der Waals surface area contributed by atoms with Gasteiger partial charge in [0.05, 0.1) is 11.1 Å². The van der Waals surface area contributed by atoms with Crippen molar-refractivity contribution in [2.45, 2.75) is 12.1 Å². The van der Waals surface area contributed by atoms with Crippen molar-refractivity contribution in [2.24, 2.45) is 0 Å². The highest BCUT2D eigenvalue weighted by molar-refractivity contribution is 6.15. The number of benzene rings is 2. The van der Waals surface area contributed by atoms with Crippen LogP contribution in [0.5, 0.6) is 11.5 Å². The molecule has 3 nitrogen and oxygen atoms in total. The highest BCUT2D eigenvalue weighted by Crippen LogP contribution is 2.49. The molecule has 0 aromatic heterocycles. The molecule has 0 fully saturated rings. The van der Waals surface area contributed by atoms with Crippen LogP contribution < -0.4 is 0 Å². The molecule has 3 rings (SSSR count). The van der Waals surface area contributed by atoms with Crippen molar-refractivity contribution in [3.8, 4) is 11.5 Å². The summed E-state index contributed by atoms with van der Waals surface area (Å²) < 4.78 is 40.2. The van der Waals surface area contributed by atoms with Crippen LogP contribution in [0.15, 0.2) is 36.4 Å². The lowest BCUT2D eigenvalue weighted by Gasteiger charge is -2.29. The predicted molar refractivity (Wildman–Crippen MR) is 67.5 cm³/mol. The molecule has 2 aromatic carbocycles. The van der Waals surface area contributed by atoms with Gasteiger partial charge in [-0.05, 0) is 23.3 Å². The van der Waals surface area contributed by atoms with Gasteiger partial charge in [0.15, 0.2) is 0 Å². The number of carbonyl (C=O) groups is 1. The third kappa shape index (κ3) is 1.86. The SMILES string of the molecule is O=C1c2c(O)cccc2C(C(F)(F)F)c2cccc(O)c21. The van der Waals surface area contributed by atoms with Crippen LogP contribution in [0.4, 0.5) is 13.2 Å². The quantitative estimate of drug-likeness (QED) is 0.783. The third-order valence-corrected chi connectivity index (χ3v) is 3.55. The Bertz CT molecular complexity index is 695. The van der Waals surface area contributed by atoms with Crippen molar-refractivity contribution < 1.29 is 28.2 Å². The van der Waals surface area contributed by atoms with E-state index < -0.39 is 40.5 Å². The lowest BCUT2D eigenvalue weighted by Crippen LogP contribution is -2.29. The monoisotopic (exact) mass is 294 g/mol. The Hall–Kier alpha value is -2.50. The number of phenolic OH excluding ortho intramolecular Hbond substituents is 2. The van der Waals surface area contributed by atoms with E-state index in [-0.39, 0.29) is 11.1 Å². The Morgan fingerprint density at radius 3 is 1.67 bits per heavy atom. The lowest BCUT2D eigenvalue weighted by atomic mass is 9.76. The first-order chi connectivity index (χ1) is 9.82. The van der Waals surface area contributed by atoms with Gasteiger partial charge in [-0.1, -0.05) is 24.3 Å². The first-order valence-corrected chi connectivity index (χ1v) is 6.07. The second-order valence-corrected chi connectivity index (χ2v) is 4.79. The van der Waals surface area contributed by atoms with Crippen LogP contribution in [0.2, 0.25) is 0 Å². The standard InChI is InChI=1S/C15H9F3O3/c16-15(17,18)13-7-3-1-5-9(19)11(7)14(21)12-8(13)4-2-6-10(12)20/h1-6,13,19-20H. The number of alkyl halides is 3. The molecule has 0 unspecified atom stereocenters. The maximum atomic E-state index is 13.4. The smallest absolute Gasteiger partial charge is 0.399 e. The highest BCUT2D eigenvalue weighted by Gasteiger charge is 2.48. The molecule has 0 saturated heterocycles. The summed E-state index contributed by atoms with van der Waals surface area (Å²) in [6, 6.07) is 7.14. The molecular formula is C15H9F3O3. The summed E-state index contributed by atoms with van der Waals surface area (Å²) in [5.74, 6) is -3.92. The van der Waals surface area contributed by atoms with E-state index >= 15 is 0 Å². The van der Waals surface area contributed by atoms with Crippen LogP contribution in [-0.2, 0) is 0 Å². The molecule has 0 atom stereocenters. The topological polar surface area (TPSA) is 57.5 Å². The number of hydrogen-bond acceptors (Lipinski definition) is 3. The second kappa shape index (κ2) is 4.25. The second-order valence-electron chi connectivity index (χ2n) is 4.79. The Morgan fingerprint density at radius 2 is 1.29 bits per heavy atom. The van der Waals surface area contributed by atoms with Crippen LogP contribution in [0.3, 0.4) is 0 Å². The largest absolute Gasteiger partial charge is 0.507 e. The van der Waals surface area contributed by atoms with Crippen molar-refractivity contribution in [3.63, 3.8) is 0 Å². The van der Waals surface area contributed by atoms with Gasteiger partial charge in [-0.15, -0.1) is 0 Å². The van der Waals surface area contributed by atoms with Gasteiger partial charge in [-0.2, -0.15) is 13.2 Å². The van der Waals surface area contributed by atoms with E-state index in [2.05, 4.69) is 0 Å². The minimum Gasteiger partial charge on any atom is -0.507 e. The van der Waals surface area contributed by atoms with Gasteiger partial charge in [-0.25, -0.2) is 0 Å². The van der Waals surface area contributed by atoms with Gasteiger partial charge < -0.3 is 10.2 Å². The summed E-state index contributed by atoms with van der Waals surface area (Å²) in [6.45, 7) is 0. The zero-order chi connectivity index (χ0) is 15.4. The number of fused-ring (bicyclic) bond motifs is 2. The molecule has 108 valence electrons. The van der Waals surface area contributed by atoms with E-state index in [0.717, 1.165) is 24.3 Å². The summed E-state index contributed by atoms with van der Waals surface area (Å²) in [7, 11) is 0. The molecule has 0 bridgehead atoms. The first kappa shape index (κ1) is 13.5. The minimum atomic E-state index is -4.65. The molecule has 1 aliphatic rings. The first-order valence-electron chi connectivity index (χ1n) is 6.07. The molecule has 0 amide bonds. The van der Waals surface area contributed by atoms with E-state index in [1.807, 2.05) is 0 Å². The molecule has 0 heterocycles. The van der Waals surface area contributed by atoms with Gasteiger partial charge in [0, 0.05) is 0 Å². The molecule has 0 saturated carbocycles. The normalized spacial score (nSPS) is 14.7. The van der Waals surface area contributed by atoms with Gasteiger partial charge in [0.1, 0.15) is 17.4 Å². The van der Waals surface area contributed by atoms with Crippen LogP contribution >= 0.6 is 0 Å². The number of aromatic hydroxyl groups is 2. The molecular weight excluding hydrogens is 285 g/mol. The van der Waals surface area contributed by atoms with E-state index in [9.17, 15) is 28.2 Å². The molecule has 1 aliphatic carbocycles. The van der Waals surface area contributed by atoms with Crippen molar-refractivity contribution in [2.75, 3.05) is 0 Å². The maximum absolute atomic E-state index is 13.4. The summed E-state index contributed by atoms with van der Waals surface area (Å²) >= 11 is 0. The number of rotatable bonds is 0. The number of phenols is 2. The van der Waals surface area contributed by atoms with Crippen molar-refractivity contribution >= 4 is 5.78 Å². The lowest BCUT2D eigenvalue weighted by molar-refractivity contribution is -0.141. The molecule has 6 heteroatoms. The summed E-state index contributed by atoms with van der Waals surface area (Å²) in [5, 5.41) is 19.5. The van der Waals surface area contributed by atoms with Gasteiger partial charge >= 0.3 is 6.18 Å². The summed E-state index contributed by atoms with van der Waals surface area (Å²) in [6.07, 6.45) is -4.65. The average Bonchev–Trinajstić information content (AvgIpc) is 2.37. The van der Waals surface area contributed by atoms with Gasteiger partial charge in [0.25, 0.3) is 0 Å².